The van der Waals surface area contributed by atoms with Gasteiger partial charge in [0.2, 0.25) is 0 Å². The highest BCUT2D eigenvalue weighted by molar-refractivity contribution is 7.99. The van der Waals surface area contributed by atoms with Crippen LogP contribution in [0.3, 0.4) is 0 Å². The molecule has 224 valence electrons. The first-order chi connectivity index (χ1) is 21.5. The Morgan fingerprint density at radius 3 is 2.64 bits per heavy atom. The average Bonchev–Trinajstić information content (AvgIpc) is 3.83. The van der Waals surface area contributed by atoms with Crippen LogP contribution < -0.4 is 5.32 Å². The van der Waals surface area contributed by atoms with Crippen molar-refractivity contribution in [2.75, 3.05) is 31.5 Å². The van der Waals surface area contributed by atoms with Crippen LogP contribution in [0.5, 0.6) is 0 Å². The monoisotopic (exact) mass is 639 g/mol. The molecule has 2 aromatic carbocycles. The number of halogens is 1. The summed E-state index contributed by atoms with van der Waals surface area (Å²) in [4.78, 5) is 17.9. The Morgan fingerprint density at radius 1 is 1.05 bits per heavy atom. The highest BCUT2D eigenvalue weighted by Crippen LogP contribution is 2.37. The number of fused-ring (bicyclic) bond motifs is 1. The molecule has 0 radical (unpaired) electrons. The summed E-state index contributed by atoms with van der Waals surface area (Å²) in [5.74, 6) is 0. The van der Waals surface area contributed by atoms with Gasteiger partial charge in [0.1, 0.15) is 6.07 Å². The van der Waals surface area contributed by atoms with Crippen LogP contribution in [-0.4, -0.2) is 56.6 Å². The van der Waals surface area contributed by atoms with E-state index in [9.17, 15) is 5.26 Å². The predicted octanol–water partition coefficient (Wildman–Crippen LogP) is 8.18. The van der Waals surface area contributed by atoms with Gasteiger partial charge in [-0.15, -0.1) is 11.3 Å². The number of thiophene rings is 1. The summed E-state index contributed by atoms with van der Waals surface area (Å²) in [5, 5.41) is 15.7. The fourth-order valence-corrected chi connectivity index (χ4v) is 8.46. The lowest BCUT2D eigenvalue weighted by Crippen LogP contribution is -2.43. The number of rotatable bonds is 8. The first kappa shape index (κ1) is 29.3. The van der Waals surface area contributed by atoms with Crippen LogP contribution in [0.2, 0.25) is 5.02 Å². The van der Waals surface area contributed by atoms with Gasteiger partial charge in [0.25, 0.3) is 0 Å². The minimum Gasteiger partial charge on any atom is -0.354 e. The van der Waals surface area contributed by atoms with Gasteiger partial charge in [0.15, 0.2) is 5.16 Å². The van der Waals surface area contributed by atoms with Crippen molar-refractivity contribution >= 4 is 57.0 Å². The third kappa shape index (κ3) is 6.23. The molecule has 0 saturated carbocycles. The molecule has 0 amide bonds. The second-order valence-corrected chi connectivity index (χ2v) is 14.2. The van der Waals surface area contributed by atoms with E-state index in [1.165, 1.54) is 73.4 Å². The predicted molar refractivity (Wildman–Crippen MR) is 181 cm³/mol. The molecule has 44 heavy (non-hydrogen) atoms. The maximum Gasteiger partial charge on any atom is 0.172 e. The van der Waals surface area contributed by atoms with Crippen molar-refractivity contribution in [3.05, 3.63) is 82.6 Å². The van der Waals surface area contributed by atoms with E-state index in [0.29, 0.717) is 10.6 Å². The van der Waals surface area contributed by atoms with Gasteiger partial charge in [0, 0.05) is 77.0 Å². The molecule has 10 heteroatoms. The molecule has 3 aromatic heterocycles. The van der Waals surface area contributed by atoms with E-state index in [4.69, 9.17) is 11.6 Å². The van der Waals surface area contributed by atoms with Crippen molar-refractivity contribution in [1.82, 2.24) is 24.3 Å². The molecule has 1 N–H and O–H groups in total. The van der Waals surface area contributed by atoms with E-state index >= 15 is 0 Å². The summed E-state index contributed by atoms with van der Waals surface area (Å²) in [6, 6.07) is 19.7. The van der Waals surface area contributed by atoms with E-state index in [1.807, 2.05) is 47.3 Å². The number of hydrogen-bond donors (Lipinski definition) is 1. The van der Waals surface area contributed by atoms with Crippen molar-refractivity contribution in [3.8, 4) is 16.5 Å². The van der Waals surface area contributed by atoms with Crippen LogP contribution in [0.4, 0.5) is 11.4 Å². The number of nitrogens with one attached hydrogen (secondary N) is 1. The normalized spacial score (nSPS) is 16.5. The second-order valence-electron chi connectivity index (χ2n) is 11.6. The highest BCUT2D eigenvalue weighted by atomic mass is 35.5. The zero-order valence-electron chi connectivity index (χ0n) is 24.7. The summed E-state index contributed by atoms with van der Waals surface area (Å²) < 4.78 is 1.96. The zero-order valence-corrected chi connectivity index (χ0v) is 27.1. The van der Waals surface area contributed by atoms with Crippen molar-refractivity contribution in [2.24, 2.45) is 7.05 Å². The third-order valence-corrected chi connectivity index (χ3v) is 11.4. The summed E-state index contributed by atoms with van der Waals surface area (Å²) in [6.45, 7) is 5.97. The van der Waals surface area contributed by atoms with E-state index in [2.05, 4.69) is 61.5 Å². The molecular formula is C34H34ClN7S2. The third-order valence-electron chi connectivity index (χ3n) is 8.71. The molecule has 2 aliphatic heterocycles. The Kier molecular flexibility index (Phi) is 8.61. The number of aryl methyl sites for hydroxylation is 1. The van der Waals surface area contributed by atoms with Crippen molar-refractivity contribution in [1.29, 1.82) is 5.26 Å². The topological polar surface area (TPSA) is 73.0 Å². The Labute approximate surface area is 271 Å². The molecule has 5 aromatic rings. The van der Waals surface area contributed by atoms with Crippen LogP contribution >= 0.6 is 34.7 Å². The fraction of sp³-hybridized carbons (Fsp3) is 0.324. The van der Waals surface area contributed by atoms with Crippen LogP contribution in [-0.2, 0) is 13.6 Å². The van der Waals surface area contributed by atoms with Gasteiger partial charge in [0.05, 0.1) is 21.8 Å². The minimum atomic E-state index is 0.486. The zero-order chi connectivity index (χ0) is 30.0. The Bertz CT molecular complexity index is 1830. The SMILES string of the molecule is Cn1ccnc1Sc1ccc(Nc2c(C#N)cnc3cc(-c4ccc(CN5CCC(N6CCCC6)CC5)s4)ccc23)cc1Cl. The van der Waals surface area contributed by atoms with Gasteiger partial charge in [-0.1, -0.05) is 35.5 Å². The molecule has 5 heterocycles. The number of nitrogens with zero attached hydrogens (tertiary/aromatic N) is 6. The molecule has 2 fully saturated rings. The van der Waals surface area contributed by atoms with Gasteiger partial charge in [-0.3, -0.25) is 9.88 Å². The quantitative estimate of drug-likeness (QED) is 0.184. The molecule has 2 aliphatic rings. The van der Waals surface area contributed by atoms with Crippen LogP contribution in [0.1, 0.15) is 36.1 Å². The first-order valence-corrected chi connectivity index (χ1v) is 17.2. The number of anilines is 2. The summed E-state index contributed by atoms with van der Waals surface area (Å²) in [7, 11) is 1.96. The Balaban J connectivity index is 1.06. The Hall–Kier alpha value is -3.39. The minimum absolute atomic E-state index is 0.486. The lowest BCUT2D eigenvalue weighted by molar-refractivity contribution is 0.123. The van der Waals surface area contributed by atoms with Gasteiger partial charge in [-0.25, -0.2) is 4.98 Å². The van der Waals surface area contributed by atoms with E-state index < -0.39 is 0 Å². The lowest BCUT2D eigenvalue weighted by Gasteiger charge is -2.36. The van der Waals surface area contributed by atoms with Crippen LogP contribution in [0.15, 0.2) is 77.2 Å². The van der Waals surface area contributed by atoms with Crippen molar-refractivity contribution in [3.63, 3.8) is 0 Å². The molecule has 2 saturated heterocycles. The number of benzene rings is 2. The lowest BCUT2D eigenvalue weighted by atomic mass is 10.0. The highest BCUT2D eigenvalue weighted by Gasteiger charge is 2.26. The fourth-order valence-electron chi connectivity index (χ4n) is 6.31. The molecule has 0 unspecified atom stereocenters. The van der Waals surface area contributed by atoms with Gasteiger partial charge in [-0.2, -0.15) is 5.26 Å². The number of hydrogen-bond acceptors (Lipinski definition) is 8. The maximum atomic E-state index is 9.89. The van der Waals surface area contributed by atoms with E-state index in [-0.39, 0.29) is 0 Å². The molecular weight excluding hydrogens is 606 g/mol. The van der Waals surface area contributed by atoms with Gasteiger partial charge >= 0.3 is 0 Å². The van der Waals surface area contributed by atoms with E-state index in [1.54, 1.807) is 12.4 Å². The molecule has 0 atom stereocenters. The second kappa shape index (κ2) is 12.9. The molecule has 0 spiro atoms. The van der Waals surface area contributed by atoms with E-state index in [0.717, 1.165) is 50.5 Å². The number of aromatic nitrogens is 3. The number of likely N-dealkylation sites (tertiary alicyclic amines) is 2. The number of nitriles is 1. The van der Waals surface area contributed by atoms with Gasteiger partial charge in [-0.05, 0) is 80.7 Å². The molecule has 7 rings (SSSR count). The van der Waals surface area contributed by atoms with Crippen molar-refractivity contribution < 1.29 is 0 Å². The number of piperidine rings is 1. The molecule has 7 nitrogen and oxygen atoms in total. The van der Waals surface area contributed by atoms with Crippen molar-refractivity contribution in [2.45, 2.75) is 48.3 Å². The standard InChI is InChI=1S/C34H34ClN7S2/c1-40-17-12-37-34(40)44-32-8-5-25(19-29(32)35)39-33-24(20-36)21-38-30-18-23(4-7-28(30)33)31-9-6-27(43-31)22-41-15-10-26(11-16-41)42-13-2-3-14-42/h4-9,12,17-19,21,26H,2-3,10-11,13-16,22H2,1H3,(H,38,39). The average molecular weight is 640 g/mol. The number of pyridine rings is 1. The summed E-state index contributed by atoms with van der Waals surface area (Å²) >= 11 is 10.0. The first-order valence-electron chi connectivity index (χ1n) is 15.1. The number of imidazole rings is 1. The molecule has 0 bridgehead atoms. The van der Waals surface area contributed by atoms with Crippen LogP contribution in [0.25, 0.3) is 21.3 Å². The van der Waals surface area contributed by atoms with Crippen LogP contribution in [0, 0.1) is 11.3 Å². The summed E-state index contributed by atoms with van der Waals surface area (Å²) in [5.41, 5.74) is 4.01. The summed E-state index contributed by atoms with van der Waals surface area (Å²) in [6.07, 6.45) is 10.6. The van der Waals surface area contributed by atoms with Gasteiger partial charge < -0.3 is 14.8 Å². The molecule has 0 aliphatic carbocycles. The smallest absolute Gasteiger partial charge is 0.172 e. The Morgan fingerprint density at radius 2 is 1.89 bits per heavy atom. The largest absolute Gasteiger partial charge is 0.354 e. The maximum absolute atomic E-state index is 9.89.